The molecule has 0 heterocycles. The number of carbonyl (C=O) groups is 1. The van der Waals surface area contributed by atoms with Crippen molar-refractivity contribution in [2.45, 2.75) is 45.1 Å². The van der Waals surface area contributed by atoms with Crippen molar-refractivity contribution in [2.24, 2.45) is 5.92 Å². The fourth-order valence-corrected chi connectivity index (χ4v) is 2.73. The predicted octanol–water partition coefficient (Wildman–Crippen LogP) is 3.59. The van der Waals surface area contributed by atoms with E-state index in [1.165, 1.54) is 19.6 Å². The average molecular weight is 279 g/mol. The molecule has 1 fully saturated rings. The van der Waals surface area contributed by atoms with Gasteiger partial charge in [0.15, 0.2) is 11.6 Å². The van der Waals surface area contributed by atoms with Crippen LogP contribution in [0.4, 0.5) is 4.39 Å². The van der Waals surface area contributed by atoms with Gasteiger partial charge in [-0.15, -0.1) is 0 Å². The molecule has 0 unspecified atom stereocenters. The van der Waals surface area contributed by atoms with Gasteiger partial charge in [-0.2, -0.15) is 0 Å². The molecule has 2 rings (SSSR count). The van der Waals surface area contributed by atoms with Crippen LogP contribution in [0.25, 0.3) is 0 Å². The third-order valence-electron chi connectivity index (χ3n) is 4.01. The van der Waals surface area contributed by atoms with Crippen LogP contribution < -0.4 is 10.1 Å². The molecule has 1 aromatic rings. The highest BCUT2D eigenvalue weighted by molar-refractivity contribution is 5.79. The van der Waals surface area contributed by atoms with Gasteiger partial charge in [0.25, 0.3) is 0 Å². The van der Waals surface area contributed by atoms with E-state index in [9.17, 15) is 9.18 Å². The van der Waals surface area contributed by atoms with E-state index in [4.69, 9.17) is 4.74 Å². The first-order chi connectivity index (χ1) is 9.61. The molecular weight excluding hydrogens is 257 g/mol. The van der Waals surface area contributed by atoms with Crippen molar-refractivity contribution >= 4 is 5.91 Å². The molecule has 4 heteroatoms. The van der Waals surface area contributed by atoms with Gasteiger partial charge in [0.1, 0.15) is 0 Å². The van der Waals surface area contributed by atoms with E-state index in [-0.39, 0.29) is 23.6 Å². The van der Waals surface area contributed by atoms with Crippen LogP contribution in [0.1, 0.15) is 50.6 Å². The lowest BCUT2D eigenvalue weighted by Gasteiger charge is -2.23. The third kappa shape index (κ3) is 3.50. The van der Waals surface area contributed by atoms with Crippen LogP contribution in [-0.2, 0) is 4.79 Å². The molecule has 110 valence electrons. The molecule has 1 aliphatic carbocycles. The van der Waals surface area contributed by atoms with Crippen molar-refractivity contribution in [2.75, 3.05) is 7.11 Å². The largest absolute Gasteiger partial charge is 0.494 e. The number of rotatable bonds is 4. The zero-order chi connectivity index (χ0) is 14.5. The fourth-order valence-electron chi connectivity index (χ4n) is 2.73. The number of hydrogen-bond acceptors (Lipinski definition) is 2. The number of amides is 1. The van der Waals surface area contributed by atoms with Gasteiger partial charge in [0.05, 0.1) is 13.2 Å². The zero-order valence-corrected chi connectivity index (χ0v) is 12.1. The number of nitrogens with one attached hydrogen (secondary N) is 1. The Hall–Kier alpha value is -1.58. The molecule has 3 nitrogen and oxygen atoms in total. The predicted molar refractivity (Wildman–Crippen MR) is 76.1 cm³/mol. The monoisotopic (exact) mass is 279 g/mol. The van der Waals surface area contributed by atoms with Crippen molar-refractivity contribution in [3.8, 4) is 5.75 Å². The average Bonchev–Trinajstić information content (AvgIpc) is 2.48. The van der Waals surface area contributed by atoms with E-state index >= 15 is 0 Å². The number of methoxy groups -OCH3 is 1. The highest BCUT2D eigenvalue weighted by Crippen LogP contribution is 2.26. The van der Waals surface area contributed by atoms with Crippen LogP contribution in [0.3, 0.4) is 0 Å². The first-order valence-electron chi connectivity index (χ1n) is 7.25. The molecule has 20 heavy (non-hydrogen) atoms. The highest BCUT2D eigenvalue weighted by Gasteiger charge is 2.22. The molecule has 0 aliphatic heterocycles. The molecule has 1 atom stereocenters. The second-order valence-electron chi connectivity index (χ2n) is 5.46. The number of ether oxygens (including phenoxy) is 1. The first kappa shape index (κ1) is 14.8. The zero-order valence-electron chi connectivity index (χ0n) is 12.1. The summed E-state index contributed by atoms with van der Waals surface area (Å²) < 4.78 is 18.6. The number of benzene rings is 1. The first-order valence-corrected chi connectivity index (χ1v) is 7.25. The van der Waals surface area contributed by atoms with E-state index in [1.54, 1.807) is 12.1 Å². The SMILES string of the molecule is COc1ccc([C@H](C)NC(=O)C2CCCCC2)cc1F. The normalized spacial score (nSPS) is 17.6. The Morgan fingerprint density at radius 1 is 1.35 bits per heavy atom. The molecule has 1 aromatic carbocycles. The van der Waals surface area contributed by atoms with Crippen molar-refractivity contribution in [1.82, 2.24) is 5.32 Å². The summed E-state index contributed by atoms with van der Waals surface area (Å²) in [6, 6.07) is 4.61. The molecule has 1 amide bonds. The summed E-state index contributed by atoms with van der Waals surface area (Å²) in [4.78, 5) is 12.2. The number of halogens is 1. The van der Waals surface area contributed by atoms with Gasteiger partial charge in [-0.05, 0) is 37.5 Å². The van der Waals surface area contributed by atoms with Crippen molar-refractivity contribution in [3.05, 3.63) is 29.6 Å². The lowest BCUT2D eigenvalue weighted by molar-refractivity contribution is -0.126. The quantitative estimate of drug-likeness (QED) is 0.914. The number of carbonyl (C=O) groups excluding carboxylic acids is 1. The smallest absolute Gasteiger partial charge is 0.223 e. The lowest BCUT2D eigenvalue weighted by Crippen LogP contribution is -2.33. The van der Waals surface area contributed by atoms with Crippen LogP contribution in [0.5, 0.6) is 5.75 Å². The summed E-state index contributed by atoms with van der Waals surface area (Å²) in [5.74, 6) is 0.0334. The maximum Gasteiger partial charge on any atom is 0.223 e. The molecular formula is C16H22FNO2. The molecule has 1 aliphatic rings. The van der Waals surface area contributed by atoms with E-state index in [2.05, 4.69) is 5.32 Å². The second kappa shape index (κ2) is 6.73. The van der Waals surface area contributed by atoms with E-state index < -0.39 is 5.82 Å². The Morgan fingerprint density at radius 2 is 2.05 bits per heavy atom. The molecule has 0 saturated heterocycles. The summed E-state index contributed by atoms with van der Waals surface area (Å²) in [7, 11) is 1.44. The van der Waals surface area contributed by atoms with Crippen LogP contribution in [0, 0.1) is 11.7 Å². The van der Waals surface area contributed by atoms with Crippen molar-refractivity contribution in [3.63, 3.8) is 0 Å². The maximum absolute atomic E-state index is 13.7. The minimum Gasteiger partial charge on any atom is -0.494 e. The van der Waals surface area contributed by atoms with Gasteiger partial charge in [-0.25, -0.2) is 4.39 Å². The highest BCUT2D eigenvalue weighted by atomic mass is 19.1. The van der Waals surface area contributed by atoms with Gasteiger partial charge in [-0.3, -0.25) is 4.79 Å². The summed E-state index contributed by atoms with van der Waals surface area (Å²) in [6.07, 6.45) is 5.42. The lowest BCUT2D eigenvalue weighted by atomic mass is 9.88. The van der Waals surface area contributed by atoms with Crippen LogP contribution in [0.15, 0.2) is 18.2 Å². The maximum atomic E-state index is 13.7. The topological polar surface area (TPSA) is 38.3 Å². The molecule has 0 spiro atoms. The summed E-state index contributed by atoms with van der Waals surface area (Å²) >= 11 is 0. The van der Waals surface area contributed by atoms with Gasteiger partial charge < -0.3 is 10.1 Å². The van der Waals surface area contributed by atoms with Crippen LogP contribution in [-0.4, -0.2) is 13.0 Å². The Kier molecular flexibility index (Phi) is 4.99. The standard InChI is InChI=1S/C16H22FNO2/c1-11(13-8-9-15(20-2)14(17)10-13)18-16(19)12-6-4-3-5-7-12/h8-12H,3-7H2,1-2H3,(H,18,19)/t11-/m0/s1. The van der Waals surface area contributed by atoms with Crippen molar-refractivity contribution in [1.29, 1.82) is 0 Å². The Labute approximate surface area is 119 Å². The summed E-state index contributed by atoms with van der Waals surface area (Å²) in [5, 5.41) is 2.98. The summed E-state index contributed by atoms with van der Waals surface area (Å²) in [6.45, 7) is 1.88. The second-order valence-corrected chi connectivity index (χ2v) is 5.46. The van der Waals surface area contributed by atoms with Crippen LogP contribution >= 0.6 is 0 Å². The Morgan fingerprint density at radius 3 is 2.65 bits per heavy atom. The summed E-state index contributed by atoms with van der Waals surface area (Å²) in [5.41, 5.74) is 0.757. The van der Waals surface area contributed by atoms with Crippen LogP contribution in [0.2, 0.25) is 0 Å². The molecule has 1 saturated carbocycles. The molecule has 0 aromatic heterocycles. The van der Waals surface area contributed by atoms with Gasteiger partial charge in [0, 0.05) is 5.92 Å². The van der Waals surface area contributed by atoms with Gasteiger partial charge in [-0.1, -0.05) is 25.3 Å². The van der Waals surface area contributed by atoms with Crippen molar-refractivity contribution < 1.29 is 13.9 Å². The third-order valence-corrected chi connectivity index (χ3v) is 4.01. The van der Waals surface area contributed by atoms with E-state index in [1.807, 2.05) is 6.92 Å². The van der Waals surface area contributed by atoms with Gasteiger partial charge in [0.2, 0.25) is 5.91 Å². The molecule has 0 radical (unpaired) electrons. The fraction of sp³-hybridized carbons (Fsp3) is 0.562. The number of hydrogen-bond donors (Lipinski definition) is 1. The minimum absolute atomic E-state index is 0.0911. The Balaban J connectivity index is 1.98. The molecule has 1 N–H and O–H groups in total. The molecule has 0 bridgehead atoms. The van der Waals surface area contributed by atoms with E-state index in [0.29, 0.717) is 0 Å². The minimum atomic E-state index is -0.399. The van der Waals surface area contributed by atoms with E-state index in [0.717, 1.165) is 31.2 Å². The van der Waals surface area contributed by atoms with Gasteiger partial charge >= 0.3 is 0 Å². The Bertz CT molecular complexity index is 470.